The second-order valence-electron chi connectivity index (χ2n) is 6.44. The summed E-state index contributed by atoms with van der Waals surface area (Å²) >= 11 is 1.30. The van der Waals surface area contributed by atoms with Crippen molar-refractivity contribution in [2.45, 2.75) is 6.92 Å². The van der Waals surface area contributed by atoms with E-state index in [-0.39, 0.29) is 0 Å². The van der Waals surface area contributed by atoms with Gasteiger partial charge in [0.15, 0.2) is 10.1 Å². The van der Waals surface area contributed by atoms with E-state index in [4.69, 9.17) is 10.5 Å². The Bertz CT molecular complexity index is 1250. The molecular weight excluding hydrogens is 382 g/mol. The van der Waals surface area contributed by atoms with Gasteiger partial charge in [-0.2, -0.15) is 0 Å². The van der Waals surface area contributed by atoms with Crippen molar-refractivity contribution >= 4 is 50.3 Å². The lowest BCUT2D eigenvalue weighted by Crippen LogP contribution is -1.85. The summed E-state index contributed by atoms with van der Waals surface area (Å²) in [6, 6.07) is 18.0. The maximum absolute atomic E-state index is 5.98. The van der Waals surface area contributed by atoms with Crippen molar-refractivity contribution in [1.29, 1.82) is 0 Å². The van der Waals surface area contributed by atoms with E-state index in [1.165, 1.54) is 16.7 Å². The van der Waals surface area contributed by atoms with Crippen LogP contribution in [0, 0.1) is 6.92 Å². The summed E-state index contributed by atoms with van der Waals surface area (Å²) in [5, 5.41) is 12.2. The van der Waals surface area contributed by atoms with Gasteiger partial charge < -0.3 is 10.5 Å². The Morgan fingerprint density at radius 1 is 1.00 bits per heavy atom. The van der Waals surface area contributed by atoms with E-state index >= 15 is 0 Å². The molecule has 0 fully saturated rings. The normalized spacial score (nSPS) is 11.2. The molecule has 0 amide bonds. The lowest BCUT2D eigenvalue weighted by molar-refractivity contribution is 0.416. The average Bonchev–Trinajstić information content (AvgIpc) is 3.12. The number of ether oxygens (including phenoxy) is 1. The van der Waals surface area contributed by atoms with Gasteiger partial charge in [-0.05, 0) is 42.1 Å². The first-order valence-electron chi connectivity index (χ1n) is 8.91. The van der Waals surface area contributed by atoms with Gasteiger partial charge in [0.2, 0.25) is 0 Å². The Morgan fingerprint density at radius 3 is 2.55 bits per heavy atom. The predicted molar refractivity (Wildman–Crippen MR) is 121 cm³/mol. The van der Waals surface area contributed by atoms with Crippen molar-refractivity contribution < 1.29 is 4.74 Å². The van der Waals surface area contributed by atoms with Crippen molar-refractivity contribution in [3.63, 3.8) is 0 Å². The maximum atomic E-state index is 5.98. The molecule has 144 valence electrons. The van der Waals surface area contributed by atoms with Gasteiger partial charge in [-0.1, -0.05) is 47.7 Å². The second-order valence-corrected chi connectivity index (χ2v) is 7.45. The molecule has 4 aromatic rings. The summed E-state index contributed by atoms with van der Waals surface area (Å²) in [7, 11) is 1.59. The molecule has 0 atom stereocenters. The minimum atomic E-state index is 0.441. The Morgan fingerprint density at radius 2 is 1.79 bits per heavy atom. The molecule has 0 aliphatic heterocycles. The van der Waals surface area contributed by atoms with Crippen LogP contribution in [0.25, 0.3) is 22.0 Å². The fourth-order valence-corrected chi connectivity index (χ4v) is 3.77. The van der Waals surface area contributed by atoms with Crippen LogP contribution in [0.3, 0.4) is 0 Å². The van der Waals surface area contributed by atoms with Crippen molar-refractivity contribution in [2.75, 3.05) is 12.8 Å². The number of hydrogen-bond acceptors (Lipinski definition) is 7. The minimum Gasteiger partial charge on any atom is -0.494 e. The number of nitrogens with zero attached hydrogens (tertiary/aromatic N) is 4. The number of fused-ring (bicyclic) bond motifs is 1. The summed E-state index contributed by atoms with van der Waals surface area (Å²) < 4.78 is 5.42. The Kier molecular flexibility index (Phi) is 5.05. The van der Waals surface area contributed by atoms with Crippen molar-refractivity contribution in [2.24, 2.45) is 15.2 Å². The highest BCUT2D eigenvalue weighted by Crippen LogP contribution is 2.40. The number of methoxy groups -OCH3 is 1. The number of azo groups is 1. The first-order chi connectivity index (χ1) is 14.1. The first kappa shape index (κ1) is 18.8. The summed E-state index contributed by atoms with van der Waals surface area (Å²) in [5.41, 5.74) is 9.93. The minimum absolute atomic E-state index is 0.441. The molecule has 0 saturated carbocycles. The second kappa shape index (κ2) is 7.81. The van der Waals surface area contributed by atoms with Crippen LogP contribution < -0.4 is 10.5 Å². The smallest absolute Gasteiger partial charge is 0.182 e. The molecule has 1 aromatic heterocycles. The van der Waals surface area contributed by atoms with Crippen LogP contribution in [0.2, 0.25) is 0 Å². The molecule has 1 heterocycles. The van der Waals surface area contributed by atoms with E-state index in [0.717, 1.165) is 22.2 Å². The molecule has 29 heavy (non-hydrogen) atoms. The van der Waals surface area contributed by atoms with Crippen LogP contribution in [0.5, 0.6) is 5.75 Å². The van der Waals surface area contributed by atoms with Gasteiger partial charge in [0.1, 0.15) is 17.1 Å². The highest BCUT2D eigenvalue weighted by Gasteiger charge is 2.13. The van der Waals surface area contributed by atoms with Crippen LogP contribution in [0.4, 0.5) is 21.5 Å². The van der Waals surface area contributed by atoms with Crippen molar-refractivity contribution in [1.82, 2.24) is 4.98 Å². The third-order valence-corrected chi connectivity index (χ3v) is 5.33. The highest BCUT2D eigenvalue weighted by molar-refractivity contribution is 7.19. The van der Waals surface area contributed by atoms with E-state index in [1.54, 1.807) is 13.2 Å². The number of aryl methyl sites for hydroxylation is 1. The SMILES string of the molecule is C=Nc1cc(OC)c(/N=N/c2sc(N)nc2-c2ccc3ccccc3c2)cc1C. The fraction of sp³-hybridized carbons (Fsp3) is 0.0909. The molecule has 6 nitrogen and oxygen atoms in total. The molecule has 0 spiro atoms. The van der Waals surface area contributed by atoms with Gasteiger partial charge in [0.25, 0.3) is 0 Å². The number of thiazole rings is 1. The Labute approximate surface area is 172 Å². The summed E-state index contributed by atoms with van der Waals surface area (Å²) in [5.74, 6) is 0.575. The molecule has 0 radical (unpaired) electrons. The van der Waals surface area contributed by atoms with Crippen LogP contribution in [0.1, 0.15) is 5.56 Å². The van der Waals surface area contributed by atoms with Gasteiger partial charge in [-0.25, -0.2) is 4.98 Å². The van der Waals surface area contributed by atoms with Gasteiger partial charge in [-0.3, -0.25) is 4.99 Å². The molecule has 0 bridgehead atoms. The standard InChI is InChI=1S/C22H19N5OS/c1-13-10-18(19(28-3)12-17(13)24-2)26-27-21-20(25-22(23)29-21)16-9-8-14-6-4-5-7-15(14)11-16/h4-12H,2H2,1,3H3,(H2,23,25)/b27-26+. The molecule has 4 rings (SSSR count). The molecule has 0 unspecified atom stereocenters. The van der Waals surface area contributed by atoms with E-state index in [1.807, 2.05) is 31.2 Å². The number of rotatable bonds is 5. The molecule has 3 aromatic carbocycles. The Balaban J connectivity index is 1.75. The summed E-state index contributed by atoms with van der Waals surface area (Å²) in [6.45, 7) is 5.52. The number of aliphatic imine (C=N–C) groups is 1. The zero-order valence-corrected chi connectivity index (χ0v) is 16.9. The molecule has 0 saturated heterocycles. The number of nitrogens with two attached hydrogens (primary N) is 1. The van der Waals surface area contributed by atoms with E-state index in [9.17, 15) is 0 Å². The third kappa shape index (κ3) is 3.72. The first-order valence-corrected chi connectivity index (χ1v) is 9.73. The predicted octanol–water partition coefficient (Wildman–Crippen LogP) is 6.61. The number of anilines is 1. The topological polar surface area (TPSA) is 85.2 Å². The number of hydrogen-bond donors (Lipinski definition) is 1. The molecular formula is C22H19N5OS. The molecule has 0 aliphatic carbocycles. The maximum Gasteiger partial charge on any atom is 0.182 e. The highest BCUT2D eigenvalue weighted by atomic mass is 32.1. The average molecular weight is 401 g/mol. The largest absolute Gasteiger partial charge is 0.494 e. The lowest BCUT2D eigenvalue weighted by Gasteiger charge is -2.07. The summed E-state index contributed by atoms with van der Waals surface area (Å²) in [4.78, 5) is 8.47. The van der Waals surface area contributed by atoms with Crippen LogP contribution >= 0.6 is 11.3 Å². The number of aromatic nitrogens is 1. The quantitative estimate of drug-likeness (QED) is 0.301. The third-order valence-electron chi connectivity index (χ3n) is 4.57. The van der Waals surface area contributed by atoms with Crippen LogP contribution in [0.15, 0.2) is 69.8 Å². The van der Waals surface area contributed by atoms with Crippen molar-refractivity contribution in [3.8, 4) is 17.0 Å². The molecule has 0 aliphatic rings. The van der Waals surface area contributed by atoms with Gasteiger partial charge in [0.05, 0.1) is 12.8 Å². The zero-order chi connectivity index (χ0) is 20.4. The van der Waals surface area contributed by atoms with Gasteiger partial charge in [-0.15, -0.1) is 10.2 Å². The van der Waals surface area contributed by atoms with E-state index in [2.05, 4.69) is 51.2 Å². The van der Waals surface area contributed by atoms with E-state index in [0.29, 0.717) is 27.3 Å². The summed E-state index contributed by atoms with van der Waals surface area (Å²) in [6.07, 6.45) is 0. The Hall–Kier alpha value is -3.58. The monoisotopic (exact) mass is 401 g/mol. The zero-order valence-electron chi connectivity index (χ0n) is 16.1. The van der Waals surface area contributed by atoms with Crippen molar-refractivity contribution in [3.05, 3.63) is 60.2 Å². The van der Waals surface area contributed by atoms with Crippen LogP contribution in [-0.4, -0.2) is 18.8 Å². The fourth-order valence-electron chi connectivity index (χ4n) is 3.09. The molecule has 7 heteroatoms. The van der Waals surface area contributed by atoms with Crippen LogP contribution in [-0.2, 0) is 0 Å². The van der Waals surface area contributed by atoms with E-state index < -0.39 is 0 Å². The van der Waals surface area contributed by atoms with Gasteiger partial charge in [0, 0.05) is 11.6 Å². The van der Waals surface area contributed by atoms with Gasteiger partial charge >= 0.3 is 0 Å². The number of nitrogen functional groups attached to an aromatic ring is 1. The lowest BCUT2D eigenvalue weighted by atomic mass is 10.1. The number of benzene rings is 3. The molecule has 2 N–H and O–H groups in total.